The monoisotopic (exact) mass is 363 g/mol. The van der Waals surface area contributed by atoms with E-state index in [1.807, 2.05) is 50.2 Å². The lowest BCUT2D eigenvalue weighted by Gasteiger charge is -2.05. The molecule has 2 aromatic carbocycles. The number of nitrogens with zero attached hydrogens (tertiary/aromatic N) is 3. The lowest BCUT2D eigenvalue weighted by atomic mass is 10.1. The number of carbonyl (C=O) groups excluding carboxylic acids is 2. The molecule has 3 aromatic rings. The van der Waals surface area contributed by atoms with E-state index in [2.05, 4.69) is 20.9 Å². The number of aromatic nitrogens is 3. The van der Waals surface area contributed by atoms with Crippen molar-refractivity contribution < 1.29 is 9.59 Å². The first-order valence-electron chi connectivity index (χ1n) is 8.71. The first kappa shape index (κ1) is 18.3. The van der Waals surface area contributed by atoms with Gasteiger partial charge in [-0.15, -0.1) is 5.10 Å². The van der Waals surface area contributed by atoms with E-state index < -0.39 is 0 Å². The maximum Gasteiger partial charge on any atom is 0.273 e. The Morgan fingerprint density at radius 2 is 1.67 bits per heavy atom. The molecule has 2 N–H and O–H groups in total. The SMILES string of the molecule is CCNC(=O)c1ccc(CNC(=O)c2cn(-c3ccc(C)cc3)nn2)cc1. The predicted molar refractivity (Wildman–Crippen MR) is 102 cm³/mol. The van der Waals surface area contributed by atoms with Gasteiger partial charge >= 0.3 is 0 Å². The van der Waals surface area contributed by atoms with Crippen molar-refractivity contribution in [1.82, 2.24) is 25.6 Å². The number of carbonyl (C=O) groups is 2. The zero-order valence-corrected chi connectivity index (χ0v) is 15.3. The molecule has 1 heterocycles. The fourth-order valence-electron chi connectivity index (χ4n) is 2.50. The van der Waals surface area contributed by atoms with E-state index in [0.717, 1.165) is 16.8 Å². The van der Waals surface area contributed by atoms with E-state index in [1.54, 1.807) is 23.0 Å². The molecule has 0 aliphatic heterocycles. The van der Waals surface area contributed by atoms with Crippen molar-refractivity contribution in [2.75, 3.05) is 6.54 Å². The standard InChI is InChI=1S/C20H21N5O2/c1-3-21-19(26)16-8-6-15(7-9-16)12-22-20(27)18-13-25(24-23-18)17-10-4-14(2)5-11-17/h4-11,13H,3,12H2,1-2H3,(H,21,26)(H,22,27). The molecule has 3 rings (SSSR count). The lowest BCUT2D eigenvalue weighted by molar-refractivity contribution is 0.0940. The van der Waals surface area contributed by atoms with Crippen molar-refractivity contribution in [2.45, 2.75) is 20.4 Å². The molecule has 7 heteroatoms. The van der Waals surface area contributed by atoms with Crippen LogP contribution >= 0.6 is 0 Å². The molecule has 138 valence electrons. The first-order valence-corrected chi connectivity index (χ1v) is 8.71. The third-order valence-corrected chi connectivity index (χ3v) is 4.03. The molecular formula is C20H21N5O2. The van der Waals surface area contributed by atoms with Crippen LogP contribution < -0.4 is 10.6 Å². The highest BCUT2D eigenvalue weighted by molar-refractivity contribution is 5.94. The Morgan fingerprint density at radius 3 is 2.33 bits per heavy atom. The molecule has 0 unspecified atom stereocenters. The summed E-state index contributed by atoms with van der Waals surface area (Å²) in [6.45, 7) is 4.80. The van der Waals surface area contributed by atoms with Crippen LogP contribution in [0.4, 0.5) is 0 Å². The van der Waals surface area contributed by atoms with Crippen LogP contribution in [0.15, 0.2) is 54.7 Å². The molecule has 0 bridgehead atoms. The second-order valence-corrected chi connectivity index (χ2v) is 6.12. The van der Waals surface area contributed by atoms with Gasteiger partial charge in [0.1, 0.15) is 0 Å². The van der Waals surface area contributed by atoms with E-state index in [9.17, 15) is 9.59 Å². The van der Waals surface area contributed by atoms with Crippen LogP contribution in [0, 0.1) is 6.92 Å². The summed E-state index contributed by atoms with van der Waals surface area (Å²) < 4.78 is 1.56. The number of hydrogen-bond donors (Lipinski definition) is 2. The number of amides is 2. The number of hydrogen-bond acceptors (Lipinski definition) is 4. The predicted octanol–water partition coefficient (Wildman–Crippen LogP) is 2.26. The normalized spacial score (nSPS) is 10.4. The molecule has 0 atom stereocenters. The Morgan fingerprint density at radius 1 is 0.963 bits per heavy atom. The highest BCUT2D eigenvalue weighted by Gasteiger charge is 2.11. The summed E-state index contributed by atoms with van der Waals surface area (Å²) >= 11 is 0. The van der Waals surface area contributed by atoms with E-state index in [1.165, 1.54) is 0 Å². The highest BCUT2D eigenvalue weighted by Crippen LogP contribution is 2.09. The topological polar surface area (TPSA) is 88.9 Å². The van der Waals surface area contributed by atoms with E-state index in [4.69, 9.17) is 0 Å². The van der Waals surface area contributed by atoms with Gasteiger partial charge in [-0.25, -0.2) is 4.68 Å². The Kier molecular flexibility index (Phi) is 5.61. The second-order valence-electron chi connectivity index (χ2n) is 6.12. The maximum absolute atomic E-state index is 12.3. The van der Waals surface area contributed by atoms with Crippen molar-refractivity contribution in [3.63, 3.8) is 0 Å². The third kappa shape index (κ3) is 4.58. The van der Waals surface area contributed by atoms with Crippen LogP contribution in [0.5, 0.6) is 0 Å². The molecule has 0 radical (unpaired) electrons. The quantitative estimate of drug-likeness (QED) is 0.703. The van der Waals surface area contributed by atoms with Crippen LogP contribution in [0.3, 0.4) is 0 Å². The Balaban J connectivity index is 1.59. The lowest BCUT2D eigenvalue weighted by Crippen LogP contribution is -2.24. The number of benzene rings is 2. The molecule has 0 saturated heterocycles. The smallest absolute Gasteiger partial charge is 0.273 e. The van der Waals surface area contributed by atoms with Gasteiger partial charge in [0.15, 0.2) is 5.69 Å². The van der Waals surface area contributed by atoms with Gasteiger partial charge in [0.05, 0.1) is 11.9 Å². The minimum absolute atomic E-state index is 0.110. The van der Waals surface area contributed by atoms with Gasteiger partial charge in [-0.1, -0.05) is 35.0 Å². The summed E-state index contributed by atoms with van der Waals surface area (Å²) in [6, 6.07) is 14.9. The molecule has 27 heavy (non-hydrogen) atoms. The molecule has 7 nitrogen and oxygen atoms in total. The van der Waals surface area contributed by atoms with Crippen molar-refractivity contribution in [1.29, 1.82) is 0 Å². The van der Waals surface area contributed by atoms with Crippen LogP contribution in [0.1, 0.15) is 38.9 Å². The van der Waals surface area contributed by atoms with E-state index in [0.29, 0.717) is 18.7 Å². The zero-order chi connectivity index (χ0) is 19.2. The van der Waals surface area contributed by atoms with Crippen molar-refractivity contribution >= 4 is 11.8 Å². The number of nitrogens with one attached hydrogen (secondary N) is 2. The first-order chi connectivity index (χ1) is 13.1. The molecule has 0 aliphatic carbocycles. The summed E-state index contributed by atoms with van der Waals surface area (Å²) in [5.41, 5.74) is 3.72. The zero-order valence-electron chi connectivity index (χ0n) is 15.3. The van der Waals surface area contributed by atoms with Crippen molar-refractivity contribution in [2.24, 2.45) is 0 Å². The van der Waals surface area contributed by atoms with Crippen molar-refractivity contribution in [3.05, 3.63) is 77.1 Å². The second kappa shape index (κ2) is 8.27. The Bertz CT molecular complexity index is 930. The van der Waals surface area contributed by atoms with E-state index in [-0.39, 0.29) is 17.5 Å². The maximum atomic E-state index is 12.3. The number of rotatable bonds is 6. The summed E-state index contributed by atoms with van der Waals surface area (Å²) in [6.07, 6.45) is 1.60. The van der Waals surface area contributed by atoms with Gasteiger partial charge in [-0.05, 0) is 43.7 Å². The Hall–Kier alpha value is -3.48. The van der Waals surface area contributed by atoms with Gasteiger partial charge in [0, 0.05) is 18.7 Å². The van der Waals surface area contributed by atoms with Gasteiger partial charge in [-0.3, -0.25) is 9.59 Å². The fourth-order valence-corrected chi connectivity index (χ4v) is 2.50. The molecular weight excluding hydrogens is 342 g/mol. The minimum atomic E-state index is -0.304. The summed E-state index contributed by atoms with van der Waals surface area (Å²) in [5, 5.41) is 13.5. The van der Waals surface area contributed by atoms with Crippen LogP contribution in [0.2, 0.25) is 0 Å². The summed E-state index contributed by atoms with van der Waals surface area (Å²) in [5.74, 6) is -0.415. The number of aryl methyl sites for hydroxylation is 1. The van der Waals surface area contributed by atoms with Gasteiger partial charge in [0.2, 0.25) is 0 Å². The van der Waals surface area contributed by atoms with Gasteiger partial charge in [-0.2, -0.15) is 0 Å². The molecule has 0 spiro atoms. The van der Waals surface area contributed by atoms with E-state index >= 15 is 0 Å². The van der Waals surface area contributed by atoms with Crippen LogP contribution in [0.25, 0.3) is 5.69 Å². The summed E-state index contributed by atoms with van der Waals surface area (Å²) in [7, 11) is 0. The molecule has 0 saturated carbocycles. The minimum Gasteiger partial charge on any atom is -0.352 e. The average molecular weight is 363 g/mol. The molecule has 1 aromatic heterocycles. The summed E-state index contributed by atoms with van der Waals surface area (Å²) in [4.78, 5) is 24.0. The Labute approximate surface area is 157 Å². The third-order valence-electron chi connectivity index (χ3n) is 4.03. The van der Waals surface area contributed by atoms with Gasteiger partial charge < -0.3 is 10.6 Å². The average Bonchev–Trinajstić information content (AvgIpc) is 3.17. The molecule has 0 fully saturated rings. The molecule has 0 aliphatic rings. The van der Waals surface area contributed by atoms with Crippen molar-refractivity contribution in [3.8, 4) is 5.69 Å². The highest BCUT2D eigenvalue weighted by atomic mass is 16.2. The molecule has 2 amide bonds. The van der Waals surface area contributed by atoms with Crippen LogP contribution in [-0.2, 0) is 6.54 Å². The van der Waals surface area contributed by atoms with Crippen LogP contribution in [-0.4, -0.2) is 33.4 Å². The largest absolute Gasteiger partial charge is 0.352 e. The fraction of sp³-hybridized carbons (Fsp3) is 0.200. The van der Waals surface area contributed by atoms with Gasteiger partial charge in [0.25, 0.3) is 11.8 Å².